The van der Waals surface area contributed by atoms with E-state index in [1.54, 1.807) is 11.3 Å². The van der Waals surface area contributed by atoms with Crippen molar-refractivity contribution in [2.45, 2.75) is 4.90 Å². The summed E-state index contributed by atoms with van der Waals surface area (Å²) in [7, 11) is 6.91. The van der Waals surface area contributed by atoms with Gasteiger partial charge in [0.15, 0.2) is 5.43 Å². The zero-order chi connectivity index (χ0) is 11.8. The van der Waals surface area contributed by atoms with Crippen LogP contribution in [-0.2, 0) is 0 Å². The van der Waals surface area contributed by atoms with Crippen LogP contribution in [0, 0.1) is 0 Å². The Hall–Kier alpha value is -1.03. The SMILES string of the molecule is O=c1c2ccccc2sc2cccc(SCl)c12. The van der Waals surface area contributed by atoms with Crippen LogP contribution in [0.3, 0.4) is 0 Å². The van der Waals surface area contributed by atoms with Crippen molar-refractivity contribution in [1.82, 2.24) is 0 Å². The van der Waals surface area contributed by atoms with Crippen LogP contribution in [0.5, 0.6) is 0 Å². The van der Waals surface area contributed by atoms with E-state index in [4.69, 9.17) is 10.7 Å². The second-order valence-electron chi connectivity index (χ2n) is 3.63. The van der Waals surface area contributed by atoms with Crippen molar-refractivity contribution in [3.63, 3.8) is 0 Å². The first-order valence-corrected chi connectivity index (χ1v) is 7.50. The van der Waals surface area contributed by atoms with E-state index in [0.29, 0.717) is 0 Å². The fraction of sp³-hybridized carbons (Fsp3) is 0. The molecule has 0 spiro atoms. The third-order valence-corrected chi connectivity index (χ3v) is 4.79. The molecule has 0 fully saturated rings. The van der Waals surface area contributed by atoms with Crippen molar-refractivity contribution in [1.29, 1.82) is 0 Å². The van der Waals surface area contributed by atoms with Gasteiger partial charge in [0.2, 0.25) is 0 Å². The Bertz CT molecular complexity index is 764. The van der Waals surface area contributed by atoms with Gasteiger partial charge in [-0.1, -0.05) is 18.2 Å². The van der Waals surface area contributed by atoms with Gasteiger partial charge in [-0.3, -0.25) is 4.79 Å². The number of fused-ring (bicyclic) bond motifs is 2. The van der Waals surface area contributed by atoms with E-state index >= 15 is 0 Å². The minimum Gasteiger partial charge on any atom is -0.288 e. The normalized spacial score (nSPS) is 11.1. The molecule has 0 atom stereocenters. The van der Waals surface area contributed by atoms with E-state index in [9.17, 15) is 4.79 Å². The summed E-state index contributed by atoms with van der Waals surface area (Å²) in [5.74, 6) is 0. The minimum atomic E-state index is 0.0677. The molecule has 0 saturated heterocycles. The standard InChI is InChI=1S/C13H7ClOS2/c14-17-11-7-3-6-10-12(11)13(15)8-4-1-2-5-9(8)16-10/h1-7H. The van der Waals surface area contributed by atoms with Gasteiger partial charge in [0.1, 0.15) is 0 Å². The van der Waals surface area contributed by atoms with Gasteiger partial charge < -0.3 is 0 Å². The van der Waals surface area contributed by atoms with Gasteiger partial charge in [-0.15, -0.1) is 11.3 Å². The van der Waals surface area contributed by atoms with Crippen molar-refractivity contribution < 1.29 is 0 Å². The molecule has 1 nitrogen and oxygen atoms in total. The van der Waals surface area contributed by atoms with Gasteiger partial charge in [0.25, 0.3) is 0 Å². The molecule has 1 aromatic heterocycles. The monoisotopic (exact) mass is 278 g/mol. The maximum atomic E-state index is 12.4. The van der Waals surface area contributed by atoms with Crippen LogP contribution >= 0.6 is 33.0 Å². The Morgan fingerprint density at radius 1 is 1.00 bits per heavy atom. The first-order chi connectivity index (χ1) is 8.31. The predicted molar refractivity (Wildman–Crippen MR) is 77.3 cm³/mol. The van der Waals surface area contributed by atoms with Crippen LogP contribution in [0.15, 0.2) is 52.2 Å². The van der Waals surface area contributed by atoms with E-state index < -0.39 is 0 Å². The summed E-state index contributed by atoms with van der Waals surface area (Å²) in [6, 6.07) is 13.4. The fourth-order valence-electron chi connectivity index (χ4n) is 1.88. The molecule has 0 unspecified atom stereocenters. The highest BCUT2D eigenvalue weighted by atomic mass is 35.7. The van der Waals surface area contributed by atoms with Crippen molar-refractivity contribution in [2.24, 2.45) is 0 Å². The molecule has 0 N–H and O–H groups in total. The van der Waals surface area contributed by atoms with Crippen molar-refractivity contribution in [2.75, 3.05) is 0 Å². The second kappa shape index (κ2) is 4.33. The molecule has 0 saturated carbocycles. The van der Waals surface area contributed by atoms with Crippen LogP contribution in [0.4, 0.5) is 0 Å². The van der Waals surface area contributed by atoms with E-state index in [0.717, 1.165) is 36.0 Å². The van der Waals surface area contributed by atoms with Crippen LogP contribution in [-0.4, -0.2) is 0 Å². The minimum absolute atomic E-state index is 0.0677. The summed E-state index contributed by atoms with van der Waals surface area (Å²) in [6.45, 7) is 0. The van der Waals surface area contributed by atoms with Gasteiger partial charge >= 0.3 is 0 Å². The number of rotatable bonds is 1. The lowest BCUT2D eigenvalue weighted by molar-refractivity contribution is 1.56. The number of halogens is 1. The van der Waals surface area contributed by atoms with Gasteiger partial charge in [-0.05, 0) is 45.9 Å². The van der Waals surface area contributed by atoms with Gasteiger partial charge in [0.05, 0.1) is 5.39 Å². The number of hydrogen-bond acceptors (Lipinski definition) is 3. The van der Waals surface area contributed by atoms with E-state index in [2.05, 4.69) is 0 Å². The third-order valence-electron chi connectivity index (χ3n) is 2.65. The zero-order valence-corrected chi connectivity index (χ0v) is 11.0. The van der Waals surface area contributed by atoms with Crippen LogP contribution < -0.4 is 5.43 Å². The highest BCUT2D eigenvalue weighted by Gasteiger charge is 2.09. The average molecular weight is 279 g/mol. The zero-order valence-electron chi connectivity index (χ0n) is 8.64. The van der Waals surface area contributed by atoms with Crippen molar-refractivity contribution in [3.05, 3.63) is 52.7 Å². The Balaban J connectivity index is 2.60. The summed E-state index contributed by atoms with van der Waals surface area (Å²) < 4.78 is 2.00. The molecular weight excluding hydrogens is 272 g/mol. The van der Waals surface area contributed by atoms with Crippen LogP contribution in [0.1, 0.15) is 0 Å². The molecule has 17 heavy (non-hydrogen) atoms. The van der Waals surface area contributed by atoms with Crippen molar-refractivity contribution in [3.8, 4) is 0 Å². The molecule has 0 aliphatic carbocycles. The maximum Gasteiger partial charge on any atom is 0.197 e. The summed E-state index contributed by atoms with van der Waals surface area (Å²) in [4.78, 5) is 13.2. The second-order valence-corrected chi connectivity index (χ2v) is 5.77. The quantitative estimate of drug-likeness (QED) is 0.602. The lowest BCUT2D eigenvalue weighted by Crippen LogP contribution is -2.01. The molecule has 0 amide bonds. The predicted octanol–water partition coefficient (Wildman–Crippen LogP) is 4.66. The Morgan fingerprint density at radius 2 is 1.76 bits per heavy atom. The highest BCUT2D eigenvalue weighted by molar-refractivity contribution is 8.21. The fourth-order valence-corrected chi connectivity index (χ4v) is 3.85. The van der Waals surface area contributed by atoms with Crippen molar-refractivity contribution >= 4 is 53.2 Å². The first-order valence-electron chi connectivity index (χ1n) is 5.04. The smallest absolute Gasteiger partial charge is 0.197 e. The molecule has 0 radical (unpaired) electrons. The summed E-state index contributed by atoms with van der Waals surface area (Å²) in [5, 5.41) is 1.50. The topological polar surface area (TPSA) is 17.1 Å². The van der Waals surface area contributed by atoms with Crippen LogP contribution in [0.25, 0.3) is 20.2 Å². The molecule has 1 heterocycles. The lowest BCUT2D eigenvalue weighted by Gasteiger charge is -2.03. The molecule has 0 aliphatic heterocycles. The molecule has 0 bridgehead atoms. The largest absolute Gasteiger partial charge is 0.288 e. The van der Waals surface area contributed by atoms with E-state index in [-0.39, 0.29) is 5.43 Å². The van der Waals surface area contributed by atoms with Gasteiger partial charge in [-0.2, -0.15) is 0 Å². The molecule has 3 rings (SSSR count). The van der Waals surface area contributed by atoms with Gasteiger partial charge in [-0.25, -0.2) is 0 Å². The maximum absolute atomic E-state index is 12.4. The lowest BCUT2D eigenvalue weighted by atomic mass is 10.2. The number of hydrogen-bond donors (Lipinski definition) is 0. The summed E-state index contributed by atoms with van der Waals surface area (Å²) >= 11 is 1.62. The molecule has 0 aliphatic rings. The molecule has 84 valence electrons. The Labute approximate surface area is 111 Å². The van der Waals surface area contributed by atoms with E-state index in [1.807, 2.05) is 42.5 Å². The summed E-state index contributed by atoms with van der Waals surface area (Å²) in [6.07, 6.45) is 0. The summed E-state index contributed by atoms with van der Waals surface area (Å²) in [5.41, 5.74) is 0.0677. The van der Waals surface area contributed by atoms with E-state index in [1.165, 1.54) is 0 Å². The molecule has 3 aromatic rings. The molecular formula is C13H7ClOS2. The Morgan fingerprint density at radius 3 is 2.59 bits per heavy atom. The Kier molecular flexibility index (Phi) is 2.82. The highest BCUT2D eigenvalue weighted by Crippen LogP contribution is 2.32. The van der Waals surface area contributed by atoms with Crippen LogP contribution in [0.2, 0.25) is 0 Å². The molecule has 2 aromatic carbocycles. The number of benzene rings is 2. The molecule has 4 heteroatoms. The first kappa shape index (κ1) is 11.1. The van der Waals surface area contributed by atoms with Gasteiger partial charge in [0, 0.05) is 19.7 Å². The average Bonchev–Trinajstić information content (AvgIpc) is 2.38. The third kappa shape index (κ3) is 1.75.